The number of hydrogen-bond donors (Lipinski definition) is 1. The Morgan fingerprint density at radius 3 is 2.50 bits per heavy atom. The molecular weight excluding hydrogens is 390 g/mol. The Bertz CT molecular complexity index is 703. The molecule has 3 nitrogen and oxygen atoms in total. The number of hydrogen-bond acceptors (Lipinski definition) is 2. The molecule has 0 aromatic heterocycles. The zero-order chi connectivity index (χ0) is 17.9. The first-order valence-corrected chi connectivity index (χ1v) is 9.26. The van der Waals surface area contributed by atoms with Crippen molar-refractivity contribution in [2.24, 2.45) is 0 Å². The summed E-state index contributed by atoms with van der Waals surface area (Å²) in [5.74, 6) is 1.33. The van der Waals surface area contributed by atoms with E-state index < -0.39 is 0 Å². The summed E-state index contributed by atoms with van der Waals surface area (Å²) < 4.78 is 6.48. The van der Waals surface area contributed by atoms with Crippen LogP contribution < -0.4 is 21.7 Å². The van der Waals surface area contributed by atoms with E-state index in [2.05, 4.69) is 38.4 Å². The quantitative estimate of drug-likeness (QED) is 0.745. The van der Waals surface area contributed by atoms with Crippen molar-refractivity contribution in [1.82, 2.24) is 0 Å². The monoisotopic (exact) mass is 419 g/mol. The molecule has 142 valence electrons. The fourth-order valence-electron chi connectivity index (χ4n) is 4.17. The lowest BCUT2D eigenvalue weighted by molar-refractivity contribution is -0.920. The minimum atomic E-state index is 0. The third-order valence-electron chi connectivity index (χ3n) is 5.83. The van der Waals surface area contributed by atoms with Crippen molar-refractivity contribution in [3.05, 3.63) is 59.7 Å². The maximum atomic E-state index is 10.6. The minimum Gasteiger partial charge on any atom is -1.00 e. The van der Waals surface area contributed by atoms with Crippen LogP contribution in [0.5, 0.6) is 11.5 Å². The predicted octanol–water partition coefficient (Wildman–Crippen LogP) is 1.56. The van der Waals surface area contributed by atoms with Crippen LogP contribution in [-0.4, -0.2) is 43.4 Å². The fourth-order valence-corrected chi connectivity index (χ4v) is 4.17. The van der Waals surface area contributed by atoms with Crippen LogP contribution in [0.4, 0.5) is 0 Å². The van der Waals surface area contributed by atoms with Gasteiger partial charge in [0.05, 0.1) is 33.8 Å². The lowest BCUT2D eigenvalue weighted by Gasteiger charge is -2.43. The molecule has 2 aromatic carbocycles. The van der Waals surface area contributed by atoms with Crippen molar-refractivity contribution in [3.8, 4) is 11.5 Å². The highest BCUT2D eigenvalue weighted by Gasteiger charge is 2.34. The second-order valence-corrected chi connectivity index (χ2v) is 7.78. The van der Waals surface area contributed by atoms with Gasteiger partial charge in [-0.3, -0.25) is 0 Å². The van der Waals surface area contributed by atoms with Crippen molar-refractivity contribution in [3.63, 3.8) is 0 Å². The fraction of sp³-hybridized carbons (Fsp3) is 0.455. The Morgan fingerprint density at radius 2 is 1.85 bits per heavy atom. The molecular formula is C22H30BrNO2. The van der Waals surface area contributed by atoms with Crippen LogP contribution in [0.1, 0.15) is 42.7 Å². The van der Waals surface area contributed by atoms with Crippen LogP contribution in [-0.2, 0) is 0 Å². The van der Waals surface area contributed by atoms with Crippen LogP contribution in [0.3, 0.4) is 0 Å². The number of quaternary nitrogens is 1. The molecule has 0 aliphatic carbocycles. The van der Waals surface area contributed by atoms with Crippen molar-refractivity contribution < 1.29 is 31.3 Å². The molecule has 2 unspecified atom stereocenters. The molecule has 26 heavy (non-hydrogen) atoms. The molecule has 1 aliphatic heterocycles. The van der Waals surface area contributed by atoms with Gasteiger partial charge < -0.3 is 31.3 Å². The van der Waals surface area contributed by atoms with Gasteiger partial charge in [0, 0.05) is 17.9 Å². The lowest BCUT2D eigenvalue weighted by atomic mass is 9.82. The van der Waals surface area contributed by atoms with E-state index in [1.54, 1.807) is 13.2 Å². The van der Waals surface area contributed by atoms with Crippen LogP contribution in [0, 0.1) is 0 Å². The van der Waals surface area contributed by atoms with Crippen LogP contribution in [0.2, 0.25) is 0 Å². The molecule has 1 aliphatic rings. The second-order valence-electron chi connectivity index (χ2n) is 7.78. The zero-order valence-electron chi connectivity index (χ0n) is 16.0. The number of likely N-dealkylation sites (tertiary alicyclic amines) is 1. The van der Waals surface area contributed by atoms with E-state index in [1.807, 2.05) is 18.2 Å². The first-order chi connectivity index (χ1) is 12.0. The van der Waals surface area contributed by atoms with Crippen molar-refractivity contribution >= 4 is 0 Å². The number of halogens is 1. The third kappa shape index (κ3) is 4.60. The SMILES string of the molecule is COc1ccc(O)c(C(CC2CCCC[N+]2(C)C)c2ccccc2)c1.[Br-]. The molecule has 1 N–H and O–H groups in total. The molecule has 1 heterocycles. The highest BCUT2D eigenvalue weighted by atomic mass is 79.9. The van der Waals surface area contributed by atoms with E-state index in [0.29, 0.717) is 11.8 Å². The summed E-state index contributed by atoms with van der Waals surface area (Å²) in [6.07, 6.45) is 4.90. The summed E-state index contributed by atoms with van der Waals surface area (Å²) in [5, 5.41) is 10.6. The number of ether oxygens (including phenoxy) is 1. The maximum absolute atomic E-state index is 10.6. The number of benzene rings is 2. The highest BCUT2D eigenvalue weighted by Crippen LogP contribution is 2.39. The van der Waals surface area contributed by atoms with E-state index in [1.165, 1.54) is 31.4 Å². The Morgan fingerprint density at radius 1 is 1.12 bits per heavy atom. The molecule has 4 heteroatoms. The molecule has 3 rings (SSSR count). The van der Waals surface area contributed by atoms with E-state index in [4.69, 9.17) is 4.74 Å². The van der Waals surface area contributed by atoms with E-state index >= 15 is 0 Å². The molecule has 1 fully saturated rings. The molecule has 0 radical (unpaired) electrons. The standard InChI is InChI=1S/C22H29NO2.BrH/c1-23(2)14-8-7-11-18(23)15-20(17-9-5-4-6-10-17)21-16-19(25-3)12-13-22(21)24;/h4-6,9-10,12-13,16,18,20H,7-8,11,14-15H2,1-3H3;1H. The Balaban J connectivity index is 0.00000243. The molecule has 2 atom stereocenters. The molecule has 0 spiro atoms. The van der Waals surface area contributed by atoms with Gasteiger partial charge in [-0.1, -0.05) is 30.3 Å². The third-order valence-corrected chi connectivity index (χ3v) is 5.83. The summed E-state index contributed by atoms with van der Waals surface area (Å²) in [4.78, 5) is 0. The van der Waals surface area contributed by atoms with Gasteiger partial charge in [-0.2, -0.15) is 0 Å². The van der Waals surface area contributed by atoms with Crippen LogP contribution >= 0.6 is 0 Å². The van der Waals surface area contributed by atoms with Gasteiger partial charge in [-0.25, -0.2) is 0 Å². The van der Waals surface area contributed by atoms with Gasteiger partial charge in [0.25, 0.3) is 0 Å². The number of nitrogens with zero attached hydrogens (tertiary/aromatic N) is 1. The predicted molar refractivity (Wildman–Crippen MR) is 102 cm³/mol. The van der Waals surface area contributed by atoms with Gasteiger partial charge in [-0.05, 0) is 43.0 Å². The van der Waals surface area contributed by atoms with Gasteiger partial charge in [0.1, 0.15) is 11.5 Å². The normalized spacial score (nSPS) is 20.0. The van der Waals surface area contributed by atoms with Crippen molar-refractivity contribution in [1.29, 1.82) is 0 Å². The topological polar surface area (TPSA) is 29.5 Å². The molecule has 1 saturated heterocycles. The average Bonchev–Trinajstić information content (AvgIpc) is 2.62. The molecule has 0 bridgehead atoms. The first kappa shape index (κ1) is 20.8. The van der Waals surface area contributed by atoms with E-state index in [9.17, 15) is 5.11 Å². The number of methoxy groups -OCH3 is 1. The molecule has 2 aromatic rings. The summed E-state index contributed by atoms with van der Waals surface area (Å²) in [6, 6.07) is 16.7. The number of piperidine rings is 1. The lowest BCUT2D eigenvalue weighted by Crippen LogP contribution is -3.00. The molecule has 0 amide bonds. The molecule has 0 saturated carbocycles. The van der Waals surface area contributed by atoms with Crippen LogP contribution in [0.15, 0.2) is 48.5 Å². The van der Waals surface area contributed by atoms with Gasteiger partial charge >= 0.3 is 0 Å². The average molecular weight is 420 g/mol. The first-order valence-electron chi connectivity index (χ1n) is 9.26. The van der Waals surface area contributed by atoms with E-state index in [0.717, 1.165) is 22.2 Å². The number of aromatic hydroxyl groups is 1. The van der Waals surface area contributed by atoms with Crippen LogP contribution in [0.25, 0.3) is 0 Å². The summed E-state index contributed by atoms with van der Waals surface area (Å²) in [6.45, 7) is 1.23. The van der Waals surface area contributed by atoms with Crippen molar-refractivity contribution in [2.45, 2.75) is 37.6 Å². The Hall–Kier alpha value is -1.52. The maximum Gasteiger partial charge on any atom is 0.119 e. The largest absolute Gasteiger partial charge is 1.00 e. The summed E-state index contributed by atoms with van der Waals surface area (Å²) in [5.41, 5.74) is 2.23. The number of phenols is 1. The Kier molecular flexibility index (Phi) is 7.13. The van der Waals surface area contributed by atoms with E-state index in [-0.39, 0.29) is 22.9 Å². The second kappa shape index (κ2) is 8.92. The highest BCUT2D eigenvalue weighted by molar-refractivity contribution is 5.45. The number of phenolic OH excluding ortho intramolecular Hbond substituents is 1. The van der Waals surface area contributed by atoms with Gasteiger partial charge in [-0.15, -0.1) is 0 Å². The summed E-state index contributed by atoms with van der Waals surface area (Å²) in [7, 11) is 6.36. The van der Waals surface area contributed by atoms with Crippen molar-refractivity contribution in [2.75, 3.05) is 27.7 Å². The van der Waals surface area contributed by atoms with Gasteiger partial charge in [0.15, 0.2) is 0 Å². The minimum absolute atomic E-state index is 0. The zero-order valence-corrected chi connectivity index (χ0v) is 17.6. The smallest absolute Gasteiger partial charge is 0.119 e. The summed E-state index contributed by atoms with van der Waals surface area (Å²) >= 11 is 0. The number of rotatable bonds is 5. The van der Waals surface area contributed by atoms with Gasteiger partial charge in [0.2, 0.25) is 0 Å². The Labute approximate surface area is 168 Å².